The number of anilines is 1. The van der Waals surface area contributed by atoms with Crippen LogP contribution in [0.25, 0.3) is 0 Å². The molecule has 0 radical (unpaired) electrons. The Balaban J connectivity index is 2.17. The number of rotatable bonds is 4. The van der Waals surface area contributed by atoms with Crippen molar-refractivity contribution in [1.82, 2.24) is 4.98 Å². The van der Waals surface area contributed by atoms with Crippen LogP contribution in [0.5, 0.6) is 0 Å². The molecule has 1 N–H and O–H groups in total. The molecule has 18 heavy (non-hydrogen) atoms. The zero-order chi connectivity index (χ0) is 13.1. The van der Waals surface area contributed by atoms with E-state index >= 15 is 0 Å². The summed E-state index contributed by atoms with van der Waals surface area (Å²) < 4.78 is 0. The summed E-state index contributed by atoms with van der Waals surface area (Å²) in [6.45, 7) is 8.97. The molecule has 2 atom stereocenters. The molecule has 1 fully saturated rings. The second-order valence-corrected chi connectivity index (χ2v) is 7.88. The Labute approximate surface area is 118 Å². The van der Waals surface area contributed by atoms with Crippen LogP contribution >= 0.6 is 23.1 Å². The van der Waals surface area contributed by atoms with Crippen LogP contribution in [0.3, 0.4) is 0 Å². The van der Waals surface area contributed by atoms with E-state index in [0.717, 1.165) is 41.6 Å². The molecule has 1 saturated heterocycles. The monoisotopic (exact) mass is 286 g/mol. The Bertz CT molecular complexity index is 384. The number of aryl methyl sites for hydroxylation is 1. The normalized spacial score (nSPS) is 24.6. The van der Waals surface area contributed by atoms with Gasteiger partial charge in [0.05, 0.1) is 17.2 Å². The first-order valence-electron chi connectivity index (χ1n) is 6.63. The first-order valence-corrected chi connectivity index (χ1v) is 8.39. The number of hydrogen-bond acceptors (Lipinski definition) is 5. The van der Waals surface area contributed by atoms with Crippen LogP contribution in [0.4, 0.5) is 5.13 Å². The molecule has 2 rings (SSSR count). The van der Waals surface area contributed by atoms with Gasteiger partial charge in [-0.25, -0.2) is 4.98 Å². The molecule has 1 aliphatic heterocycles. The summed E-state index contributed by atoms with van der Waals surface area (Å²) in [7, 11) is 0. The van der Waals surface area contributed by atoms with E-state index < -0.39 is 0 Å². The van der Waals surface area contributed by atoms with Crippen molar-refractivity contribution in [3.8, 4) is 0 Å². The number of nitrogens with zero attached hydrogens (tertiary/aromatic N) is 2. The van der Waals surface area contributed by atoms with Crippen LogP contribution in [0, 0.1) is 0 Å². The predicted octanol–water partition coefficient (Wildman–Crippen LogP) is 2.92. The average Bonchev–Trinajstić information content (AvgIpc) is 2.71. The zero-order valence-corrected chi connectivity index (χ0v) is 13.0. The fourth-order valence-corrected chi connectivity index (χ4v) is 4.70. The smallest absolute Gasteiger partial charge is 0.185 e. The highest BCUT2D eigenvalue weighted by atomic mass is 32.2. The first-order chi connectivity index (χ1) is 8.63. The molecule has 5 heteroatoms. The number of hydrogen-bond donors (Lipinski definition) is 1. The summed E-state index contributed by atoms with van der Waals surface area (Å²) in [4.78, 5) is 8.17. The number of aliphatic hydroxyl groups excluding tert-OH is 1. The molecule has 1 aromatic heterocycles. The van der Waals surface area contributed by atoms with Crippen molar-refractivity contribution in [1.29, 1.82) is 0 Å². The van der Waals surface area contributed by atoms with Gasteiger partial charge in [-0.15, -0.1) is 0 Å². The molecular formula is C13H22N2OS2. The Morgan fingerprint density at radius 2 is 2.00 bits per heavy atom. The highest BCUT2D eigenvalue weighted by Gasteiger charge is 2.25. The van der Waals surface area contributed by atoms with E-state index in [9.17, 15) is 5.11 Å². The second-order valence-electron chi connectivity index (χ2n) is 4.94. The average molecular weight is 286 g/mol. The predicted molar refractivity (Wildman–Crippen MR) is 80.8 cm³/mol. The molecule has 0 aromatic carbocycles. The molecule has 0 bridgehead atoms. The van der Waals surface area contributed by atoms with E-state index in [-0.39, 0.29) is 6.61 Å². The molecular weight excluding hydrogens is 264 g/mol. The summed E-state index contributed by atoms with van der Waals surface area (Å²) in [6.07, 6.45) is 2.05. The number of aliphatic hydroxyl groups is 1. The summed E-state index contributed by atoms with van der Waals surface area (Å²) in [5.41, 5.74) is 1.10. The highest BCUT2D eigenvalue weighted by molar-refractivity contribution is 8.00. The molecule has 0 aliphatic carbocycles. The lowest BCUT2D eigenvalue weighted by atomic mass is 10.2. The third kappa shape index (κ3) is 3.19. The molecule has 1 aliphatic rings. The van der Waals surface area contributed by atoms with Crippen molar-refractivity contribution >= 4 is 28.2 Å². The fourth-order valence-electron chi connectivity index (χ4n) is 2.39. The van der Waals surface area contributed by atoms with Crippen LogP contribution in [-0.2, 0) is 13.0 Å². The summed E-state index contributed by atoms with van der Waals surface area (Å²) in [6, 6.07) is 0. The lowest BCUT2D eigenvalue weighted by molar-refractivity contribution is 0.284. The van der Waals surface area contributed by atoms with Gasteiger partial charge in [-0.2, -0.15) is 11.8 Å². The maximum Gasteiger partial charge on any atom is 0.185 e. The Morgan fingerprint density at radius 3 is 2.56 bits per heavy atom. The second kappa shape index (κ2) is 6.26. The molecule has 0 saturated carbocycles. The van der Waals surface area contributed by atoms with Gasteiger partial charge in [0.25, 0.3) is 0 Å². The standard InChI is InChI=1S/C13H22N2OS2/c1-4-5-11-12(8-16)18-13(14-11)15-6-9(2)17-10(3)7-15/h9-10,16H,4-8H2,1-3H3. The minimum Gasteiger partial charge on any atom is -0.391 e. The highest BCUT2D eigenvalue weighted by Crippen LogP contribution is 2.33. The van der Waals surface area contributed by atoms with Crippen LogP contribution in [0.2, 0.25) is 0 Å². The number of thiazole rings is 1. The SMILES string of the molecule is CCCc1nc(N2CC(C)SC(C)C2)sc1CO. The van der Waals surface area contributed by atoms with Crippen molar-refractivity contribution in [2.75, 3.05) is 18.0 Å². The van der Waals surface area contributed by atoms with Crippen LogP contribution < -0.4 is 4.90 Å². The minimum absolute atomic E-state index is 0.126. The minimum atomic E-state index is 0.126. The fraction of sp³-hybridized carbons (Fsp3) is 0.769. The van der Waals surface area contributed by atoms with Gasteiger partial charge in [-0.1, -0.05) is 38.5 Å². The van der Waals surface area contributed by atoms with Crippen LogP contribution in [0.15, 0.2) is 0 Å². The lowest BCUT2D eigenvalue weighted by Crippen LogP contribution is -2.40. The van der Waals surface area contributed by atoms with E-state index in [1.165, 1.54) is 0 Å². The van der Waals surface area contributed by atoms with Crippen LogP contribution in [0.1, 0.15) is 37.8 Å². The molecule has 1 aromatic rings. The molecule has 0 amide bonds. The van der Waals surface area contributed by atoms with Gasteiger partial charge in [0, 0.05) is 23.6 Å². The zero-order valence-electron chi connectivity index (χ0n) is 11.3. The maximum atomic E-state index is 9.41. The lowest BCUT2D eigenvalue weighted by Gasteiger charge is -2.34. The first kappa shape index (κ1) is 14.2. The van der Waals surface area contributed by atoms with E-state index in [1.807, 2.05) is 0 Å². The summed E-state index contributed by atoms with van der Waals surface area (Å²) >= 11 is 3.72. The third-order valence-electron chi connectivity index (χ3n) is 3.09. The summed E-state index contributed by atoms with van der Waals surface area (Å²) in [5.74, 6) is 0. The van der Waals surface area contributed by atoms with Crippen molar-refractivity contribution in [2.45, 2.75) is 50.7 Å². The molecule has 2 heterocycles. The topological polar surface area (TPSA) is 36.4 Å². The van der Waals surface area contributed by atoms with E-state index in [0.29, 0.717) is 10.5 Å². The maximum absolute atomic E-state index is 9.41. The van der Waals surface area contributed by atoms with Gasteiger partial charge in [-0.3, -0.25) is 0 Å². The Morgan fingerprint density at radius 1 is 1.33 bits per heavy atom. The van der Waals surface area contributed by atoms with Gasteiger partial charge < -0.3 is 10.0 Å². The van der Waals surface area contributed by atoms with Gasteiger partial charge >= 0.3 is 0 Å². The van der Waals surface area contributed by atoms with Crippen molar-refractivity contribution in [3.63, 3.8) is 0 Å². The quantitative estimate of drug-likeness (QED) is 0.923. The Kier molecular flexibility index (Phi) is 4.92. The van der Waals surface area contributed by atoms with Gasteiger partial charge in [0.1, 0.15) is 0 Å². The van der Waals surface area contributed by atoms with Gasteiger partial charge in [0.2, 0.25) is 0 Å². The Hall–Kier alpha value is -0.260. The van der Waals surface area contributed by atoms with Gasteiger partial charge in [-0.05, 0) is 6.42 Å². The molecule has 102 valence electrons. The molecule has 0 spiro atoms. The van der Waals surface area contributed by atoms with Crippen molar-refractivity contribution in [2.24, 2.45) is 0 Å². The summed E-state index contributed by atoms with van der Waals surface area (Å²) in [5, 5.41) is 11.8. The van der Waals surface area contributed by atoms with Crippen molar-refractivity contribution < 1.29 is 5.11 Å². The molecule has 2 unspecified atom stereocenters. The number of aromatic nitrogens is 1. The number of thioether (sulfide) groups is 1. The van der Waals surface area contributed by atoms with Crippen molar-refractivity contribution in [3.05, 3.63) is 10.6 Å². The van der Waals surface area contributed by atoms with Gasteiger partial charge in [0.15, 0.2) is 5.13 Å². The van der Waals surface area contributed by atoms with E-state index in [1.54, 1.807) is 11.3 Å². The largest absolute Gasteiger partial charge is 0.391 e. The molecule has 3 nitrogen and oxygen atoms in total. The van der Waals surface area contributed by atoms with E-state index in [4.69, 9.17) is 4.98 Å². The van der Waals surface area contributed by atoms with E-state index in [2.05, 4.69) is 37.4 Å². The third-order valence-corrected chi connectivity index (χ3v) is 5.46. The van der Waals surface area contributed by atoms with Crippen LogP contribution in [-0.4, -0.2) is 33.7 Å².